The van der Waals surface area contributed by atoms with E-state index in [-0.39, 0.29) is 5.97 Å². The van der Waals surface area contributed by atoms with Crippen molar-refractivity contribution in [2.24, 2.45) is 0 Å². The van der Waals surface area contributed by atoms with Crippen molar-refractivity contribution in [2.45, 2.75) is 38.0 Å². The molecule has 0 aliphatic rings. The largest absolute Gasteiger partial charge is 0.462 e. The van der Waals surface area contributed by atoms with Gasteiger partial charge in [0.05, 0.1) is 17.7 Å². The van der Waals surface area contributed by atoms with Crippen molar-refractivity contribution in [1.29, 1.82) is 0 Å². The van der Waals surface area contributed by atoms with E-state index in [9.17, 15) is 14.4 Å². The second kappa shape index (κ2) is 14.0. The summed E-state index contributed by atoms with van der Waals surface area (Å²) in [6, 6.07) is 20.8. The standard InChI is InChI=1S/C30H30O6S/c1-4-22-7-13-25(14-8-22)35-29(32)23-9-15-26(16-10-23)36-30(33)24-11-17-27(18-12-24)37-20-6-5-19-34-28(31)21(2)3/h7-18H,2,4-6,19-20H2,1,3H3. The molecule has 37 heavy (non-hydrogen) atoms. The Morgan fingerprint density at radius 3 is 1.78 bits per heavy atom. The summed E-state index contributed by atoms with van der Waals surface area (Å²) < 4.78 is 15.9. The van der Waals surface area contributed by atoms with Gasteiger partial charge in [0.25, 0.3) is 0 Å². The Balaban J connectivity index is 1.43. The minimum absolute atomic E-state index is 0.333. The molecule has 0 heterocycles. The van der Waals surface area contributed by atoms with E-state index in [4.69, 9.17) is 14.2 Å². The van der Waals surface area contributed by atoms with Crippen molar-refractivity contribution in [2.75, 3.05) is 12.4 Å². The zero-order valence-electron chi connectivity index (χ0n) is 21.0. The summed E-state index contributed by atoms with van der Waals surface area (Å²) in [4.78, 5) is 37.2. The van der Waals surface area contributed by atoms with E-state index in [2.05, 4.69) is 13.5 Å². The molecule has 0 aliphatic carbocycles. The Labute approximate surface area is 221 Å². The maximum Gasteiger partial charge on any atom is 0.343 e. The maximum absolute atomic E-state index is 12.5. The first kappa shape index (κ1) is 27.7. The van der Waals surface area contributed by atoms with Gasteiger partial charge in [0.1, 0.15) is 11.5 Å². The molecule has 0 unspecified atom stereocenters. The van der Waals surface area contributed by atoms with Crippen molar-refractivity contribution in [1.82, 2.24) is 0 Å². The number of hydrogen-bond donors (Lipinski definition) is 0. The topological polar surface area (TPSA) is 78.9 Å². The number of thioether (sulfide) groups is 1. The molecule has 0 aromatic heterocycles. The van der Waals surface area contributed by atoms with Gasteiger partial charge in [-0.25, -0.2) is 14.4 Å². The van der Waals surface area contributed by atoms with Crippen LogP contribution < -0.4 is 9.47 Å². The number of carbonyl (C=O) groups excluding carboxylic acids is 3. The van der Waals surface area contributed by atoms with E-state index in [1.807, 2.05) is 24.3 Å². The van der Waals surface area contributed by atoms with Crippen LogP contribution in [0.15, 0.2) is 89.8 Å². The van der Waals surface area contributed by atoms with Gasteiger partial charge < -0.3 is 14.2 Å². The van der Waals surface area contributed by atoms with Crippen molar-refractivity contribution in [3.63, 3.8) is 0 Å². The average Bonchev–Trinajstić information content (AvgIpc) is 2.91. The first-order valence-electron chi connectivity index (χ1n) is 12.0. The third-order valence-corrected chi connectivity index (χ3v) is 6.42. The number of aryl methyl sites for hydroxylation is 1. The molecule has 0 radical (unpaired) electrons. The van der Waals surface area contributed by atoms with E-state index in [0.717, 1.165) is 35.5 Å². The summed E-state index contributed by atoms with van der Waals surface area (Å²) in [5, 5.41) is 0. The number of hydrogen-bond acceptors (Lipinski definition) is 7. The zero-order chi connectivity index (χ0) is 26.6. The van der Waals surface area contributed by atoms with Crippen LogP contribution in [-0.2, 0) is 16.0 Å². The van der Waals surface area contributed by atoms with Crippen LogP contribution in [-0.4, -0.2) is 30.3 Å². The van der Waals surface area contributed by atoms with Gasteiger partial charge in [-0.05, 0) is 98.2 Å². The van der Waals surface area contributed by atoms with Crippen molar-refractivity contribution >= 4 is 29.7 Å². The summed E-state index contributed by atoms with van der Waals surface area (Å²) in [6.07, 6.45) is 2.58. The second-order valence-corrected chi connectivity index (χ2v) is 9.47. The van der Waals surface area contributed by atoms with E-state index in [0.29, 0.717) is 34.8 Å². The minimum Gasteiger partial charge on any atom is -0.462 e. The Bertz CT molecular complexity index is 1210. The molecule has 0 saturated heterocycles. The third-order valence-electron chi connectivity index (χ3n) is 5.32. The van der Waals surface area contributed by atoms with Gasteiger partial charge in [-0.3, -0.25) is 0 Å². The Kier molecular flexibility index (Phi) is 10.5. The van der Waals surface area contributed by atoms with E-state index >= 15 is 0 Å². The van der Waals surface area contributed by atoms with Gasteiger partial charge in [-0.2, -0.15) is 0 Å². The molecule has 6 nitrogen and oxygen atoms in total. The van der Waals surface area contributed by atoms with Gasteiger partial charge in [-0.15, -0.1) is 11.8 Å². The fourth-order valence-corrected chi connectivity index (χ4v) is 4.07. The summed E-state index contributed by atoms with van der Waals surface area (Å²) in [5.74, 6) is 0.350. The molecule has 192 valence electrons. The lowest BCUT2D eigenvalue weighted by Crippen LogP contribution is -2.10. The van der Waals surface area contributed by atoms with Gasteiger partial charge in [-0.1, -0.05) is 25.6 Å². The van der Waals surface area contributed by atoms with Crippen LogP contribution in [0, 0.1) is 0 Å². The Morgan fingerprint density at radius 2 is 1.27 bits per heavy atom. The first-order valence-corrected chi connectivity index (χ1v) is 13.0. The molecule has 0 fully saturated rings. The quantitative estimate of drug-likeness (QED) is 0.0870. The Hall–Kier alpha value is -3.84. The molecule has 0 spiro atoms. The maximum atomic E-state index is 12.5. The summed E-state index contributed by atoms with van der Waals surface area (Å²) >= 11 is 1.66. The molecule has 0 saturated carbocycles. The number of benzene rings is 3. The molecular formula is C30H30O6S. The number of ether oxygens (including phenoxy) is 3. The van der Waals surface area contributed by atoms with Gasteiger partial charge >= 0.3 is 17.9 Å². The van der Waals surface area contributed by atoms with Gasteiger partial charge in [0.15, 0.2) is 0 Å². The van der Waals surface area contributed by atoms with Crippen LogP contribution in [0.5, 0.6) is 11.5 Å². The highest BCUT2D eigenvalue weighted by atomic mass is 32.2. The van der Waals surface area contributed by atoms with Crippen molar-refractivity contribution in [3.8, 4) is 11.5 Å². The zero-order valence-corrected chi connectivity index (χ0v) is 21.8. The first-order chi connectivity index (χ1) is 17.9. The molecule has 7 heteroatoms. The van der Waals surface area contributed by atoms with E-state index in [1.54, 1.807) is 67.2 Å². The number of rotatable bonds is 12. The molecule has 3 aromatic rings. The third kappa shape index (κ3) is 8.95. The number of unbranched alkanes of at least 4 members (excludes halogenated alkanes) is 1. The van der Waals surface area contributed by atoms with Crippen LogP contribution in [0.1, 0.15) is 53.0 Å². The van der Waals surface area contributed by atoms with Crippen LogP contribution in [0.4, 0.5) is 0 Å². The van der Waals surface area contributed by atoms with Crippen molar-refractivity contribution in [3.05, 3.63) is 102 Å². The normalized spacial score (nSPS) is 10.4. The molecule has 0 atom stereocenters. The van der Waals surface area contributed by atoms with Gasteiger partial charge in [0, 0.05) is 10.5 Å². The monoisotopic (exact) mass is 518 g/mol. The highest BCUT2D eigenvalue weighted by Crippen LogP contribution is 2.22. The van der Waals surface area contributed by atoms with E-state index < -0.39 is 11.9 Å². The Morgan fingerprint density at radius 1 is 0.757 bits per heavy atom. The lowest BCUT2D eigenvalue weighted by Gasteiger charge is -2.08. The van der Waals surface area contributed by atoms with Crippen molar-refractivity contribution < 1.29 is 28.6 Å². The predicted molar refractivity (Wildman–Crippen MR) is 144 cm³/mol. The SMILES string of the molecule is C=C(C)C(=O)OCCCCSc1ccc(C(=O)Oc2ccc(C(=O)Oc3ccc(CC)cc3)cc2)cc1. The predicted octanol–water partition coefficient (Wildman–Crippen LogP) is 6.68. The summed E-state index contributed by atoms with van der Waals surface area (Å²) in [6.45, 7) is 7.62. The lowest BCUT2D eigenvalue weighted by molar-refractivity contribution is -0.139. The second-order valence-electron chi connectivity index (χ2n) is 8.30. The number of carbonyl (C=O) groups is 3. The summed E-state index contributed by atoms with van der Waals surface area (Å²) in [7, 11) is 0. The molecule has 0 amide bonds. The fourth-order valence-electron chi connectivity index (χ4n) is 3.15. The van der Waals surface area contributed by atoms with Crippen LogP contribution in [0.2, 0.25) is 0 Å². The highest BCUT2D eigenvalue weighted by molar-refractivity contribution is 7.99. The molecule has 3 rings (SSSR count). The molecule has 3 aromatic carbocycles. The van der Waals surface area contributed by atoms with Crippen LogP contribution in [0.25, 0.3) is 0 Å². The smallest absolute Gasteiger partial charge is 0.343 e. The van der Waals surface area contributed by atoms with Crippen LogP contribution >= 0.6 is 11.8 Å². The molecule has 0 N–H and O–H groups in total. The fraction of sp³-hybridized carbons (Fsp3) is 0.233. The lowest BCUT2D eigenvalue weighted by atomic mass is 10.2. The highest BCUT2D eigenvalue weighted by Gasteiger charge is 2.12. The summed E-state index contributed by atoms with van der Waals surface area (Å²) in [5.41, 5.74) is 2.35. The number of esters is 3. The van der Waals surface area contributed by atoms with E-state index in [1.165, 1.54) is 0 Å². The minimum atomic E-state index is -0.484. The average molecular weight is 519 g/mol. The molecular weight excluding hydrogens is 488 g/mol. The molecule has 0 aliphatic heterocycles. The van der Waals surface area contributed by atoms with Crippen LogP contribution in [0.3, 0.4) is 0 Å². The molecule has 0 bridgehead atoms. The van der Waals surface area contributed by atoms with Gasteiger partial charge in [0.2, 0.25) is 0 Å².